The summed E-state index contributed by atoms with van der Waals surface area (Å²) in [4.78, 5) is 112. The second-order valence-electron chi connectivity index (χ2n) is 15.9. The number of benzene rings is 1. The lowest BCUT2D eigenvalue weighted by Gasteiger charge is -2.28. The van der Waals surface area contributed by atoms with E-state index in [-0.39, 0.29) is 69.3 Å². The topological polar surface area (TPSA) is 381 Å². The highest BCUT2D eigenvalue weighted by Gasteiger charge is 2.35. The van der Waals surface area contributed by atoms with Crippen molar-refractivity contribution >= 4 is 64.2 Å². The number of hydrogen-bond donors (Lipinski definition) is 13. The van der Waals surface area contributed by atoms with Crippen LogP contribution in [0, 0.1) is 11.8 Å². The van der Waals surface area contributed by atoms with E-state index in [0.717, 1.165) is 10.9 Å². The SMILES string of the molecule is CC(C)C[C@H](NC(=O)[C@H](CCCN=C(N)N)NC(=O)[C@H](CCC(N)=O)NC(=O)[C@H](Cc1c[nH]c2ccccc12)NC(=O)CN)C(=O)N[C@@H](CC(C)C)C(=O)N[C@H](C(=O)O)[C@@H](C)O. The molecule has 0 unspecified atom stereocenters. The number of nitrogens with zero attached hydrogens (tertiary/aromatic N) is 1. The Balaban J connectivity index is 2.43. The van der Waals surface area contributed by atoms with Gasteiger partial charge in [0.15, 0.2) is 12.0 Å². The fraction of sp³-hybridized carbons (Fsp3) is 0.575. The summed E-state index contributed by atoms with van der Waals surface area (Å²) in [6.07, 6.45) is -0.218. The van der Waals surface area contributed by atoms with Crippen LogP contribution in [0.2, 0.25) is 0 Å². The summed E-state index contributed by atoms with van der Waals surface area (Å²) >= 11 is 0. The largest absolute Gasteiger partial charge is 0.480 e. The van der Waals surface area contributed by atoms with E-state index >= 15 is 0 Å². The molecule has 62 heavy (non-hydrogen) atoms. The monoisotopic (exact) mass is 872 g/mol. The molecule has 0 radical (unpaired) electrons. The predicted octanol–water partition coefficient (Wildman–Crippen LogP) is -2.55. The third-order valence-corrected chi connectivity index (χ3v) is 9.55. The Labute approximate surface area is 359 Å². The minimum absolute atomic E-state index is 0.0126. The quantitative estimate of drug-likeness (QED) is 0.0250. The fourth-order valence-electron chi connectivity index (χ4n) is 6.45. The zero-order chi connectivity index (χ0) is 46.7. The number of para-hydroxylation sites is 1. The Kier molecular flexibility index (Phi) is 21.3. The minimum Gasteiger partial charge on any atom is -0.480 e. The molecule has 344 valence electrons. The third-order valence-electron chi connectivity index (χ3n) is 9.55. The molecule has 1 heterocycles. The molecule has 0 bridgehead atoms. The van der Waals surface area contributed by atoms with Crippen LogP contribution in [0.1, 0.15) is 78.7 Å². The van der Waals surface area contributed by atoms with Crippen LogP contribution < -0.4 is 54.8 Å². The summed E-state index contributed by atoms with van der Waals surface area (Å²) < 4.78 is 0. The highest BCUT2D eigenvalue weighted by atomic mass is 16.4. The molecule has 17 N–H and O–H groups in total. The number of aliphatic imine (C=N–C) groups is 1. The average molecular weight is 873 g/mol. The number of fused-ring (bicyclic) bond motifs is 1. The van der Waals surface area contributed by atoms with Gasteiger partial charge in [-0.3, -0.25) is 38.6 Å². The molecule has 0 spiro atoms. The molecule has 7 atom stereocenters. The normalized spacial score (nSPS) is 14.6. The molecule has 0 saturated carbocycles. The van der Waals surface area contributed by atoms with Crippen molar-refractivity contribution in [2.45, 2.75) is 122 Å². The van der Waals surface area contributed by atoms with Gasteiger partial charge < -0.3 is 70.0 Å². The van der Waals surface area contributed by atoms with Crippen LogP contribution in [0.3, 0.4) is 0 Å². The minimum atomic E-state index is -1.66. The van der Waals surface area contributed by atoms with E-state index in [1.165, 1.54) is 6.92 Å². The number of carbonyl (C=O) groups excluding carboxylic acids is 7. The molecular weight excluding hydrogens is 809 g/mol. The van der Waals surface area contributed by atoms with Crippen molar-refractivity contribution in [1.82, 2.24) is 36.9 Å². The van der Waals surface area contributed by atoms with Crippen LogP contribution in [0.4, 0.5) is 0 Å². The number of carboxylic acids is 1. The molecule has 7 amide bonds. The number of primary amides is 1. The highest BCUT2D eigenvalue weighted by molar-refractivity contribution is 5.97. The van der Waals surface area contributed by atoms with Gasteiger partial charge in [0.25, 0.3) is 0 Å². The van der Waals surface area contributed by atoms with E-state index in [4.69, 9.17) is 22.9 Å². The Morgan fingerprint density at radius 2 is 1.19 bits per heavy atom. The van der Waals surface area contributed by atoms with Crippen LogP contribution in [-0.2, 0) is 44.8 Å². The molecule has 0 aliphatic heterocycles. The van der Waals surface area contributed by atoms with Gasteiger partial charge in [-0.25, -0.2) is 4.79 Å². The maximum absolute atomic E-state index is 14.1. The van der Waals surface area contributed by atoms with Crippen molar-refractivity contribution in [2.24, 2.45) is 39.8 Å². The molecule has 0 aliphatic carbocycles. The Hall–Kier alpha value is -6.29. The summed E-state index contributed by atoms with van der Waals surface area (Å²) in [5.41, 5.74) is 23.4. The molecule has 1 aromatic heterocycles. The van der Waals surface area contributed by atoms with Crippen LogP contribution in [0.5, 0.6) is 0 Å². The lowest BCUT2D eigenvalue weighted by molar-refractivity contribution is -0.145. The summed E-state index contributed by atoms with van der Waals surface area (Å²) in [5, 5.41) is 35.5. The van der Waals surface area contributed by atoms with Gasteiger partial charge in [0.2, 0.25) is 41.4 Å². The third kappa shape index (κ3) is 17.7. The maximum atomic E-state index is 14.1. The van der Waals surface area contributed by atoms with Gasteiger partial charge in [0.1, 0.15) is 30.2 Å². The van der Waals surface area contributed by atoms with Crippen LogP contribution in [0.25, 0.3) is 10.9 Å². The number of aliphatic carboxylic acids is 1. The molecule has 0 aliphatic rings. The Morgan fingerprint density at radius 3 is 1.69 bits per heavy atom. The average Bonchev–Trinajstić information content (AvgIpc) is 3.60. The van der Waals surface area contributed by atoms with Gasteiger partial charge in [-0.2, -0.15) is 0 Å². The number of H-pyrrole nitrogens is 1. The highest BCUT2D eigenvalue weighted by Crippen LogP contribution is 2.19. The maximum Gasteiger partial charge on any atom is 0.328 e. The molecule has 0 fully saturated rings. The van der Waals surface area contributed by atoms with Gasteiger partial charge in [-0.05, 0) is 62.5 Å². The van der Waals surface area contributed by atoms with Crippen LogP contribution >= 0.6 is 0 Å². The van der Waals surface area contributed by atoms with Crippen molar-refractivity contribution in [1.29, 1.82) is 0 Å². The van der Waals surface area contributed by atoms with Crippen LogP contribution in [-0.4, -0.2) is 124 Å². The van der Waals surface area contributed by atoms with Crippen molar-refractivity contribution in [2.75, 3.05) is 13.1 Å². The van der Waals surface area contributed by atoms with E-state index in [2.05, 4.69) is 41.9 Å². The van der Waals surface area contributed by atoms with Crippen LogP contribution in [0.15, 0.2) is 35.5 Å². The molecule has 22 nitrogen and oxygen atoms in total. The first kappa shape index (κ1) is 51.8. The van der Waals surface area contributed by atoms with Gasteiger partial charge in [-0.15, -0.1) is 0 Å². The lowest BCUT2D eigenvalue weighted by atomic mass is 9.99. The predicted molar refractivity (Wildman–Crippen MR) is 229 cm³/mol. The van der Waals surface area contributed by atoms with Gasteiger partial charge >= 0.3 is 5.97 Å². The summed E-state index contributed by atoms with van der Waals surface area (Å²) in [5.74, 6) is -7.66. The second-order valence-corrected chi connectivity index (χ2v) is 15.9. The first-order chi connectivity index (χ1) is 29.1. The number of guanidine groups is 1. The van der Waals surface area contributed by atoms with E-state index < -0.39 is 96.2 Å². The smallest absolute Gasteiger partial charge is 0.328 e. The first-order valence-electron chi connectivity index (χ1n) is 20.4. The molecule has 1 aromatic carbocycles. The molecule has 22 heteroatoms. The van der Waals surface area contributed by atoms with E-state index in [1.807, 2.05) is 18.2 Å². The number of nitrogens with two attached hydrogens (primary N) is 4. The molecule has 2 aromatic rings. The molecule has 2 rings (SSSR count). The number of carboxylic acid groups (broad SMARTS) is 1. The standard InChI is InChI=1S/C40H64N12O10/c1-20(2)15-28(36(58)51-29(16-21(3)4)38(60)52-33(22(5)53)39(61)62)50-34(56)26(11-8-14-45-40(43)44)48-35(57)27(12-13-31(42)54)49-37(59)30(47-32(55)18-41)17-23-19-46-25-10-7-6-9-24(23)25/h6-7,9-10,19-22,26-30,33,46,53H,8,11-18,41H2,1-5H3,(H2,42,54)(H,47,55)(H,48,57)(H,49,59)(H,50,56)(H,51,58)(H,52,60)(H,61,62)(H4,43,44,45)/t22-,26+,27+,28+,29+,30+,33+/m1/s1. The van der Waals surface area contributed by atoms with E-state index in [0.29, 0.717) is 5.56 Å². The van der Waals surface area contributed by atoms with Crippen molar-refractivity contribution in [3.05, 3.63) is 36.0 Å². The van der Waals surface area contributed by atoms with Gasteiger partial charge in [0.05, 0.1) is 12.6 Å². The summed E-state index contributed by atoms with van der Waals surface area (Å²) in [6, 6.07) is -0.947. The number of hydrogen-bond acceptors (Lipinski definition) is 11. The molecular formula is C40H64N12O10. The van der Waals surface area contributed by atoms with E-state index in [9.17, 15) is 48.6 Å². The van der Waals surface area contributed by atoms with Crippen molar-refractivity contribution < 1.29 is 48.6 Å². The number of rotatable bonds is 27. The number of amides is 7. The first-order valence-corrected chi connectivity index (χ1v) is 20.4. The lowest BCUT2D eigenvalue weighted by Crippen LogP contribution is -2.60. The molecule has 0 saturated heterocycles. The van der Waals surface area contributed by atoms with Crippen molar-refractivity contribution in [3.63, 3.8) is 0 Å². The number of aliphatic hydroxyl groups is 1. The van der Waals surface area contributed by atoms with Gasteiger partial charge in [0, 0.05) is 36.5 Å². The second kappa shape index (κ2) is 25.5. The Bertz CT molecular complexity index is 1900. The number of aromatic nitrogens is 1. The number of nitrogens with one attached hydrogen (secondary N) is 7. The zero-order valence-corrected chi connectivity index (χ0v) is 35.9. The number of aromatic amines is 1. The zero-order valence-electron chi connectivity index (χ0n) is 35.9. The number of aliphatic hydroxyl groups excluding tert-OH is 1. The fourth-order valence-corrected chi connectivity index (χ4v) is 6.45. The summed E-state index contributed by atoms with van der Waals surface area (Å²) in [6.45, 7) is 7.92. The summed E-state index contributed by atoms with van der Waals surface area (Å²) in [7, 11) is 0. The number of carbonyl (C=O) groups is 8. The van der Waals surface area contributed by atoms with E-state index in [1.54, 1.807) is 40.0 Å². The van der Waals surface area contributed by atoms with Crippen molar-refractivity contribution in [3.8, 4) is 0 Å². The Morgan fingerprint density at radius 1 is 0.694 bits per heavy atom. The van der Waals surface area contributed by atoms with Gasteiger partial charge in [-0.1, -0.05) is 45.9 Å².